The molecule has 0 radical (unpaired) electrons. The third kappa shape index (κ3) is 1.85. The van der Waals surface area contributed by atoms with Crippen LogP contribution in [0.5, 0.6) is 0 Å². The fourth-order valence-electron chi connectivity index (χ4n) is 2.17. The van der Waals surface area contributed by atoms with E-state index in [1.165, 1.54) is 0 Å². The van der Waals surface area contributed by atoms with Crippen LogP contribution in [0.2, 0.25) is 0 Å². The minimum atomic E-state index is -0.637. The lowest BCUT2D eigenvalue weighted by Gasteiger charge is -2.35. The number of thiophene rings is 1. The fraction of sp³-hybridized carbons (Fsp3) is 0.636. The third-order valence-corrected chi connectivity index (χ3v) is 3.92. The molecule has 14 heavy (non-hydrogen) atoms. The van der Waals surface area contributed by atoms with Crippen molar-refractivity contribution >= 4 is 11.3 Å². The number of hydrogen-bond acceptors (Lipinski definition) is 3. The maximum atomic E-state index is 10.5. The van der Waals surface area contributed by atoms with Crippen molar-refractivity contribution in [3.63, 3.8) is 0 Å². The van der Waals surface area contributed by atoms with E-state index in [2.05, 4.69) is 10.7 Å². The van der Waals surface area contributed by atoms with Gasteiger partial charge in [-0.05, 0) is 61.2 Å². The first-order chi connectivity index (χ1) is 6.71. The second kappa shape index (κ2) is 4.01. The predicted molar refractivity (Wildman–Crippen MR) is 59.5 cm³/mol. The Hall–Kier alpha value is -0.380. The molecule has 1 aliphatic rings. The van der Waals surface area contributed by atoms with Crippen molar-refractivity contribution in [2.45, 2.75) is 25.4 Å². The molecule has 2 rings (SSSR count). The first-order valence-electron chi connectivity index (χ1n) is 5.17. The van der Waals surface area contributed by atoms with E-state index in [1.54, 1.807) is 11.3 Å². The first-order valence-corrected chi connectivity index (χ1v) is 6.11. The van der Waals surface area contributed by atoms with Crippen molar-refractivity contribution in [1.29, 1.82) is 0 Å². The van der Waals surface area contributed by atoms with E-state index in [0.29, 0.717) is 5.92 Å². The fourth-order valence-corrected chi connectivity index (χ4v) is 2.94. The van der Waals surface area contributed by atoms with Crippen LogP contribution < -0.4 is 5.32 Å². The molecule has 78 valence electrons. The van der Waals surface area contributed by atoms with Gasteiger partial charge >= 0.3 is 0 Å². The highest BCUT2D eigenvalue weighted by molar-refractivity contribution is 7.08. The summed E-state index contributed by atoms with van der Waals surface area (Å²) in [4.78, 5) is 0. The molecule has 0 bridgehead atoms. The van der Waals surface area contributed by atoms with Crippen LogP contribution in [0.1, 0.15) is 25.3 Å². The lowest BCUT2D eigenvalue weighted by atomic mass is 9.79. The molecule has 2 N–H and O–H groups in total. The van der Waals surface area contributed by atoms with Gasteiger partial charge in [0.2, 0.25) is 0 Å². The lowest BCUT2D eigenvalue weighted by molar-refractivity contribution is -0.0182. The summed E-state index contributed by atoms with van der Waals surface area (Å²) in [6.07, 6.45) is 2.14. The van der Waals surface area contributed by atoms with Crippen LogP contribution in [-0.4, -0.2) is 18.2 Å². The normalized spacial score (nSPS) is 23.3. The Bertz CT molecular complexity index is 275. The highest BCUT2D eigenvalue weighted by atomic mass is 32.1. The van der Waals surface area contributed by atoms with Gasteiger partial charge < -0.3 is 10.4 Å². The van der Waals surface area contributed by atoms with Gasteiger partial charge in [0.1, 0.15) is 0 Å². The highest BCUT2D eigenvalue weighted by Gasteiger charge is 2.34. The first kappa shape index (κ1) is 10.1. The average Bonchev–Trinajstić information content (AvgIpc) is 2.72. The second-order valence-corrected chi connectivity index (χ2v) is 4.96. The number of aliphatic hydroxyl groups is 1. The smallest absolute Gasteiger partial charge is 0.0905 e. The second-order valence-electron chi connectivity index (χ2n) is 4.18. The molecule has 0 spiro atoms. The molecule has 1 aromatic heterocycles. The summed E-state index contributed by atoms with van der Waals surface area (Å²) in [6, 6.07) is 2.03. The molecule has 1 fully saturated rings. The molecule has 0 aromatic carbocycles. The van der Waals surface area contributed by atoms with Crippen molar-refractivity contribution in [2.24, 2.45) is 5.92 Å². The topological polar surface area (TPSA) is 32.3 Å². The quantitative estimate of drug-likeness (QED) is 0.783. The molecular formula is C11H17NOS. The largest absolute Gasteiger partial charge is 0.385 e. The van der Waals surface area contributed by atoms with Crippen molar-refractivity contribution in [1.82, 2.24) is 5.32 Å². The number of rotatable bonds is 2. The Morgan fingerprint density at radius 3 is 2.79 bits per heavy atom. The molecule has 0 amide bonds. The van der Waals surface area contributed by atoms with Crippen molar-refractivity contribution in [3.05, 3.63) is 22.4 Å². The van der Waals surface area contributed by atoms with Crippen molar-refractivity contribution in [3.8, 4) is 0 Å². The van der Waals surface area contributed by atoms with Crippen LogP contribution in [0.3, 0.4) is 0 Å². The van der Waals surface area contributed by atoms with Crippen molar-refractivity contribution in [2.75, 3.05) is 13.1 Å². The summed E-state index contributed by atoms with van der Waals surface area (Å²) < 4.78 is 0. The molecule has 1 atom stereocenters. The maximum absolute atomic E-state index is 10.5. The van der Waals surface area contributed by atoms with Gasteiger partial charge in [-0.25, -0.2) is 0 Å². The molecule has 2 nitrogen and oxygen atoms in total. The van der Waals surface area contributed by atoms with E-state index in [9.17, 15) is 5.11 Å². The SMILES string of the molecule is CC(O)(c1ccsc1)C1CCNCC1. The van der Waals surface area contributed by atoms with Gasteiger partial charge in [0.25, 0.3) is 0 Å². The van der Waals surface area contributed by atoms with Gasteiger partial charge in [0, 0.05) is 0 Å². The zero-order valence-corrected chi connectivity index (χ0v) is 9.31. The van der Waals surface area contributed by atoms with E-state index in [4.69, 9.17) is 0 Å². The number of piperidine rings is 1. The van der Waals surface area contributed by atoms with E-state index in [0.717, 1.165) is 31.5 Å². The average molecular weight is 211 g/mol. The van der Waals surface area contributed by atoms with Gasteiger partial charge in [-0.1, -0.05) is 0 Å². The molecule has 0 aliphatic carbocycles. The van der Waals surface area contributed by atoms with Crippen LogP contribution in [0.4, 0.5) is 0 Å². The van der Waals surface area contributed by atoms with Gasteiger partial charge in [0.15, 0.2) is 0 Å². The van der Waals surface area contributed by atoms with Gasteiger partial charge in [0.05, 0.1) is 5.60 Å². The summed E-state index contributed by atoms with van der Waals surface area (Å²) in [5, 5.41) is 17.9. The Morgan fingerprint density at radius 2 is 2.21 bits per heavy atom. The van der Waals surface area contributed by atoms with Crippen LogP contribution >= 0.6 is 11.3 Å². The Labute approximate surface area is 89.0 Å². The van der Waals surface area contributed by atoms with Gasteiger partial charge in [-0.15, -0.1) is 0 Å². The molecule has 0 saturated carbocycles. The Kier molecular flexibility index (Phi) is 2.91. The highest BCUT2D eigenvalue weighted by Crippen LogP contribution is 2.35. The molecule has 3 heteroatoms. The summed E-state index contributed by atoms with van der Waals surface area (Å²) in [6.45, 7) is 4.01. The summed E-state index contributed by atoms with van der Waals surface area (Å²) in [7, 11) is 0. The van der Waals surface area contributed by atoms with Crippen LogP contribution in [0.25, 0.3) is 0 Å². The monoisotopic (exact) mass is 211 g/mol. The molecule has 1 unspecified atom stereocenters. The zero-order valence-electron chi connectivity index (χ0n) is 8.49. The van der Waals surface area contributed by atoms with E-state index >= 15 is 0 Å². The number of hydrogen-bond donors (Lipinski definition) is 2. The zero-order chi connectivity index (χ0) is 10.0. The van der Waals surface area contributed by atoms with Gasteiger partial charge in [-0.2, -0.15) is 11.3 Å². The van der Waals surface area contributed by atoms with Crippen LogP contribution in [0.15, 0.2) is 16.8 Å². The summed E-state index contributed by atoms with van der Waals surface area (Å²) in [5.41, 5.74) is 0.441. The standard InChI is InChI=1S/C11H17NOS/c1-11(13,10-4-7-14-8-10)9-2-5-12-6-3-9/h4,7-9,12-13H,2-3,5-6H2,1H3. The molecule has 1 aromatic rings. The van der Waals surface area contributed by atoms with Gasteiger partial charge in [-0.3, -0.25) is 0 Å². The van der Waals surface area contributed by atoms with E-state index in [1.807, 2.05) is 18.4 Å². The third-order valence-electron chi connectivity index (χ3n) is 3.24. The van der Waals surface area contributed by atoms with Crippen LogP contribution in [0, 0.1) is 5.92 Å². The maximum Gasteiger partial charge on any atom is 0.0905 e. The van der Waals surface area contributed by atoms with Crippen LogP contribution in [-0.2, 0) is 5.60 Å². The Morgan fingerprint density at radius 1 is 1.50 bits per heavy atom. The Balaban J connectivity index is 2.14. The predicted octanol–water partition coefficient (Wildman–Crippen LogP) is 1.96. The molecular weight excluding hydrogens is 194 g/mol. The minimum absolute atomic E-state index is 0.401. The molecule has 1 saturated heterocycles. The van der Waals surface area contributed by atoms with Crippen molar-refractivity contribution < 1.29 is 5.11 Å². The molecule has 1 aliphatic heterocycles. The minimum Gasteiger partial charge on any atom is -0.385 e. The number of nitrogens with one attached hydrogen (secondary N) is 1. The van der Waals surface area contributed by atoms with E-state index < -0.39 is 5.60 Å². The lowest BCUT2D eigenvalue weighted by Crippen LogP contribution is -2.39. The molecule has 2 heterocycles. The van der Waals surface area contributed by atoms with E-state index in [-0.39, 0.29) is 0 Å². The summed E-state index contributed by atoms with van der Waals surface area (Å²) in [5.74, 6) is 0.401. The summed E-state index contributed by atoms with van der Waals surface area (Å²) >= 11 is 1.65.